The van der Waals surface area contributed by atoms with Crippen LogP contribution in [-0.4, -0.2) is 9.97 Å². The minimum absolute atomic E-state index is 0.645. The highest BCUT2D eigenvalue weighted by molar-refractivity contribution is 7.13. The zero-order valence-corrected chi connectivity index (χ0v) is 14.8. The Kier molecular flexibility index (Phi) is 4.49. The molecule has 0 aliphatic rings. The number of alkyl halides is 3. The molecule has 0 radical (unpaired) electrons. The number of pyridine rings is 1. The molecule has 0 unspecified atom stereocenters. The summed E-state index contributed by atoms with van der Waals surface area (Å²) in [6.45, 7) is 0. The van der Waals surface area contributed by atoms with Gasteiger partial charge in [-0.25, -0.2) is 4.98 Å². The van der Waals surface area contributed by atoms with E-state index in [0.717, 1.165) is 33.8 Å². The fourth-order valence-corrected chi connectivity index (χ4v) is 3.65. The van der Waals surface area contributed by atoms with Crippen molar-refractivity contribution in [2.45, 2.75) is 6.18 Å². The molecule has 6 heteroatoms. The molecule has 0 N–H and O–H groups in total. The first-order chi connectivity index (χ1) is 13.0. The summed E-state index contributed by atoms with van der Waals surface area (Å²) in [5.41, 5.74) is 3.59. The Balaban J connectivity index is 1.70. The van der Waals surface area contributed by atoms with Crippen molar-refractivity contribution in [3.8, 4) is 33.0 Å². The van der Waals surface area contributed by atoms with Crippen molar-refractivity contribution in [2.24, 2.45) is 0 Å². The zero-order valence-electron chi connectivity index (χ0n) is 13.9. The Morgan fingerprint density at radius 3 is 2.22 bits per heavy atom. The minimum atomic E-state index is -4.34. The summed E-state index contributed by atoms with van der Waals surface area (Å²) in [4.78, 5) is 8.84. The molecule has 27 heavy (non-hydrogen) atoms. The number of benzene rings is 2. The summed E-state index contributed by atoms with van der Waals surface area (Å²) in [7, 11) is 0. The summed E-state index contributed by atoms with van der Waals surface area (Å²) in [6.07, 6.45) is -0.847. The number of halogens is 3. The van der Waals surface area contributed by atoms with Crippen LogP contribution >= 0.6 is 11.3 Å². The predicted octanol–water partition coefficient (Wildman–Crippen LogP) is 6.56. The van der Waals surface area contributed by atoms with Crippen molar-refractivity contribution < 1.29 is 13.2 Å². The summed E-state index contributed by atoms with van der Waals surface area (Å²) < 4.78 is 38.2. The number of hydrogen-bond donors (Lipinski definition) is 0. The molecule has 2 nitrogen and oxygen atoms in total. The minimum Gasteiger partial charge on any atom is -0.264 e. The molecule has 2 aromatic carbocycles. The topological polar surface area (TPSA) is 25.8 Å². The lowest BCUT2D eigenvalue weighted by atomic mass is 10.0. The monoisotopic (exact) mass is 382 g/mol. The second-order valence-electron chi connectivity index (χ2n) is 5.90. The van der Waals surface area contributed by atoms with Crippen LogP contribution in [0.5, 0.6) is 0 Å². The van der Waals surface area contributed by atoms with Crippen molar-refractivity contribution in [3.05, 3.63) is 84.0 Å². The fraction of sp³-hybridized carbons (Fsp3) is 0.0476. The van der Waals surface area contributed by atoms with Gasteiger partial charge in [-0.3, -0.25) is 4.98 Å². The van der Waals surface area contributed by atoms with Gasteiger partial charge in [0.2, 0.25) is 0 Å². The highest BCUT2D eigenvalue weighted by atomic mass is 32.1. The van der Waals surface area contributed by atoms with E-state index >= 15 is 0 Å². The van der Waals surface area contributed by atoms with Crippen LogP contribution in [0.15, 0.2) is 78.4 Å². The second kappa shape index (κ2) is 6.96. The van der Waals surface area contributed by atoms with Crippen LogP contribution in [-0.2, 0) is 6.18 Å². The molecule has 0 aliphatic carbocycles. The van der Waals surface area contributed by atoms with Gasteiger partial charge in [0.05, 0.1) is 11.3 Å². The van der Waals surface area contributed by atoms with E-state index in [-0.39, 0.29) is 0 Å². The normalized spacial score (nSPS) is 11.5. The first kappa shape index (κ1) is 17.4. The Hall–Kier alpha value is -2.99. The van der Waals surface area contributed by atoms with Gasteiger partial charge in [0, 0.05) is 28.9 Å². The molecule has 0 saturated carbocycles. The van der Waals surface area contributed by atoms with E-state index in [1.807, 2.05) is 41.8 Å². The number of nitrogens with zero attached hydrogens (tertiary/aromatic N) is 2. The first-order valence-corrected chi connectivity index (χ1v) is 9.03. The molecular weight excluding hydrogens is 369 g/mol. The van der Waals surface area contributed by atoms with Crippen molar-refractivity contribution >= 4 is 11.3 Å². The molecule has 0 spiro atoms. The number of thiazole rings is 1. The first-order valence-electron chi connectivity index (χ1n) is 8.15. The lowest BCUT2D eigenvalue weighted by molar-refractivity contribution is -0.137. The maximum atomic E-state index is 12.7. The van der Waals surface area contributed by atoms with Crippen molar-refractivity contribution in [1.29, 1.82) is 0 Å². The average Bonchev–Trinajstić information content (AvgIpc) is 3.18. The SMILES string of the molecule is FC(F)(F)c1ccc(-c2csc(-c3cnccc3-c3ccccc3)n2)cc1. The van der Waals surface area contributed by atoms with Gasteiger partial charge in [0.15, 0.2) is 0 Å². The van der Waals surface area contributed by atoms with Crippen LogP contribution in [0, 0.1) is 0 Å². The highest BCUT2D eigenvalue weighted by Gasteiger charge is 2.30. The Bertz CT molecular complexity index is 1050. The molecule has 2 heterocycles. The summed E-state index contributed by atoms with van der Waals surface area (Å²) in [5.74, 6) is 0. The quantitative estimate of drug-likeness (QED) is 0.401. The van der Waals surface area contributed by atoms with Gasteiger partial charge >= 0.3 is 6.18 Å². The van der Waals surface area contributed by atoms with Crippen molar-refractivity contribution in [3.63, 3.8) is 0 Å². The lowest BCUT2D eigenvalue weighted by Crippen LogP contribution is -2.03. The molecule has 2 aromatic heterocycles. The average molecular weight is 382 g/mol. The third-order valence-corrected chi connectivity index (χ3v) is 5.02. The van der Waals surface area contributed by atoms with Gasteiger partial charge in [0.25, 0.3) is 0 Å². The van der Waals surface area contributed by atoms with E-state index in [0.29, 0.717) is 11.3 Å². The van der Waals surface area contributed by atoms with E-state index in [2.05, 4.69) is 9.97 Å². The Labute approximate surface area is 158 Å². The number of aromatic nitrogens is 2. The highest BCUT2D eigenvalue weighted by Crippen LogP contribution is 2.36. The van der Waals surface area contributed by atoms with Crippen molar-refractivity contribution in [1.82, 2.24) is 9.97 Å². The van der Waals surface area contributed by atoms with Gasteiger partial charge in [-0.1, -0.05) is 42.5 Å². The molecular formula is C21H13F3N2S. The van der Waals surface area contributed by atoms with E-state index in [1.165, 1.54) is 23.5 Å². The van der Waals surface area contributed by atoms with Gasteiger partial charge < -0.3 is 0 Å². The maximum absolute atomic E-state index is 12.7. The molecule has 0 saturated heterocycles. The van der Waals surface area contributed by atoms with Crippen LogP contribution in [0.4, 0.5) is 13.2 Å². The van der Waals surface area contributed by atoms with Crippen LogP contribution in [0.25, 0.3) is 33.0 Å². The van der Waals surface area contributed by atoms with Crippen LogP contribution in [0.3, 0.4) is 0 Å². The zero-order chi connectivity index (χ0) is 18.9. The number of hydrogen-bond acceptors (Lipinski definition) is 3. The second-order valence-corrected chi connectivity index (χ2v) is 6.76. The molecule has 4 aromatic rings. The molecule has 0 fully saturated rings. The third-order valence-electron chi connectivity index (χ3n) is 4.15. The fourth-order valence-electron chi connectivity index (χ4n) is 2.79. The van der Waals surface area contributed by atoms with E-state index in [4.69, 9.17) is 0 Å². The van der Waals surface area contributed by atoms with E-state index in [9.17, 15) is 13.2 Å². The third kappa shape index (κ3) is 3.61. The van der Waals surface area contributed by atoms with Crippen LogP contribution in [0.2, 0.25) is 0 Å². The van der Waals surface area contributed by atoms with Gasteiger partial charge in [-0.2, -0.15) is 13.2 Å². The summed E-state index contributed by atoms with van der Waals surface area (Å²) >= 11 is 1.44. The van der Waals surface area contributed by atoms with Gasteiger partial charge in [-0.05, 0) is 29.3 Å². The van der Waals surface area contributed by atoms with Gasteiger partial charge in [-0.15, -0.1) is 11.3 Å². The largest absolute Gasteiger partial charge is 0.416 e. The van der Waals surface area contributed by atoms with Crippen LogP contribution in [0.1, 0.15) is 5.56 Å². The molecule has 0 aliphatic heterocycles. The number of rotatable bonds is 3. The molecule has 134 valence electrons. The lowest BCUT2D eigenvalue weighted by Gasteiger charge is -2.07. The molecule has 0 atom stereocenters. The van der Waals surface area contributed by atoms with Gasteiger partial charge in [0.1, 0.15) is 5.01 Å². The predicted molar refractivity (Wildman–Crippen MR) is 101 cm³/mol. The van der Waals surface area contributed by atoms with E-state index < -0.39 is 11.7 Å². The summed E-state index contributed by atoms with van der Waals surface area (Å²) in [5, 5.41) is 2.62. The maximum Gasteiger partial charge on any atom is 0.416 e. The standard InChI is InChI=1S/C21H13F3N2S/c22-21(23,24)16-8-6-15(7-9-16)19-13-27-20(26-19)18-12-25-11-10-17(18)14-4-2-1-3-5-14/h1-13H. The molecule has 0 bridgehead atoms. The molecule has 0 amide bonds. The van der Waals surface area contributed by atoms with Crippen molar-refractivity contribution in [2.75, 3.05) is 0 Å². The smallest absolute Gasteiger partial charge is 0.264 e. The van der Waals surface area contributed by atoms with Crippen LogP contribution < -0.4 is 0 Å². The summed E-state index contributed by atoms with van der Waals surface area (Å²) in [6, 6.07) is 16.9. The Morgan fingerprint density at radius 1 is 0.778 bits per heavy atom. The molecule has 4 rings (SSSR count). The Morgan fingerprint density at radius 2 is 1.52 bits per heavy atom. The van der Waals surface area contributed by atoms with E-state index in [1.54, 1.807) is 12.4 Å².